The van der Waals surface area contributed by atoms with Gasteiger partial charge in [0, 0.05) is 48.9 Å². The van der Waals surface area contributed by atoms with Gasteiger partial charge in [0.05, 0.1) is 6.17 Å². The number of hydrogen-bond acceptors (Lipinski definition) is 5. The zero-order valence-corrected chi connectivity index (χ0v) is 20.5. The third-order valence-corrected chi connectivity index (χ3v) is 8.37. The molecular formula is C26H40FN5O. The van der Waals surface area contributed by atoms with E-state index >= 15 is 0 Å². The highest BCUT2D eigenvalue weighted by Crippen LogP contribution is 2.38. The summed E-state index contributed by atoms with van der Waals surface area (Å²) in [5.74, 6) is 1.48. The van der Waals surface area contributed by atoms with E-state index in [9.17, 15) is 9.18 Å². The minimum atomic E-state index is -0.394. The van der Waals surface area contributed by atoms with Crippen LogP contribution in [-0.4, -0.2) is 60.8 Å². The number of hydrogen-bond donors (Lipinski definition) is 4. The molecule has 7 heteroatoms. The van der Waals surface area contributed by atoms with Gasteiger partial charge in [0.15, 0.2) is 0 Å². The van der Waals surface area contributed by atoms with E-state index in [1.807, 2.05) is 6.92 Å². The van der Waals surface area contributed by atoms with E-state index in [1.54, 1.807) is 6.07 Å². The summed E-state index contributed by atoms with van der Waals surface area (Å²) in [5, 5.41) is 14.1. The van der Waals surface area contributed by atoms with Gasteiger partial charge in [0.2, 0.25) is 5.91 Å². The predicted molar refractivity (Wildman–Crippen MR) is 130 cm³/mol. The van der Waals surface area contributed by atoms with E-state index in [-0.39, 0.29) is 17.8 Å². The Bertz CT molecular complexity index is 859. The Labute approximate surface area is 197 Å². The summed E-state index contributed by atoms with van der Waals surface area (Å²) in [5.41, 5.74) is 2.43. The van der Waals surface area contributed by atoms with Crippen LogP contribution in [0.15, 0.2) is 12.1 Å². The molecule has 182 valence electrons. The molecule has 3 aliphatic heterocycles. The maximum atomic E-state index is 14.3. The zero-order valence-electron chi connectivity index (χ0n) is 20.5. The zero-order chi connectivity index (χ0) is 23.3. The van der Waals surface area contributed by atoms with Crippen LogP contribution in [0, 0.1) is 30.5 Å². The standard InChI is InChI=1S/C26H40FN5O/c1-14-5-8-21(27)20-10-22(30-23(14)20)26(33)31-25(19-6-7-19)24-15(2)9-18(11-28-24)13-32-12-16(3)29-17(32)4/h5,8,15-19,22,24-25,28-30H,6-7,9-13H2,1-4H3,(H,31,33). The van der Waals surface area contributed by atoms with Gasteiger partial charge >= 0.3 is 0 Å². The number of halogens is 1. The van der Waals surface area contributed by atoms with Gasteiger partial charge in [-0.15, -0.1) is 0 Å². The summed E-state index contributed by atoms with van der Waals surface area (Å²) in [6.07, 6.45) is 4.41. The van der Waals surface area contributed by atoms with Crippen molar-refractivity contribution in [3.63, 3.8) is 0 Å². The lowest BCUT2D eigenvalue weighted by Crippen LogP contribution is -2.60. The van der Waals surface area contributed by atoms with Crippen molar-refractivity contribution in [2.24, 2.45) is 17.8 Å². The number of rotatable bonds is 6. The van der Waals surface area contributed by atoms with Crippen LogP contribution in [-0.2, 0) is 11.2 Å². The molecule has 0 aromatic heterocycles. The maximum Gasteiger partial charge on any atom is 0.243 e. The van der Waals surface area contributed by atoms with Crippen molar-refractivity contribution < 1.29 is 9.18 Å². The quantitative estimate of drug-likeness (QED) is 0.529. The number of carbonyl (C=O) groups excluding carboxylic acids is 1. The number of nitrogens with one attached hydrogen (secondary N) is 4. The fourth-order valence-corrected chi connectivity index (χ4v) is 6.47. The summed E-state index contributed by atoms with van der Waals surface area (Å²) >= 11 is 0. The van der Waals surface area contributed by atoms with Crippen LogP contribution >= 0.6 is 0 Å². The van der Waals surface area contributed by atoms with Gasteiger partial charge in [-0.2, -0.15) is 0 Å². The van der Waals surface area contributed by atoms with Crippen LogP contribution in [0.25, 0.3) is 0 Å². The summed E-state index contributed by atoms with van der Waals surface area (Å²) in [4.78, 5) is 15.8. The van der Waals surface area contributed by atoms with E-state index in [0.29, 0.717) is 48.0 Å². The maximum absolute atomic E-state index is 14.3. The molecule has 33 heavy (non-hydrogen) atoms. The number of nitrogens with zero attached hydrogens (tertiary/aromatic N) is 1. The number of benzene rings is 1. The molecule has 0 spiro atoms. The summed E-state index contributed by atoms with van der Waals surface area (Å²) in [6, 6.07) is 3.90. The lowest BCUT2D eigenvalue weighted by atomic mass is 9.81. The molecule has 1 aromatic rings. The van der Waals surface area contributed by atoms with Crippen molar-refractivity contribution in [1.29, 1.82) is 0 Å². The Kier molecular flexibility index (Phi) is 6.40. The summed E-state index contributed by atoms with van der Waals surface area (Å²) < 4.78 is 14.3. The van der Waals surface area contributed by atoms with E-state index in [4.69, 9.17) is 0 Å². The second-order valence-electron chi connectivity index (χ2n) is 11.2. The van der Waals surface area contributed by atoms with Crippen LogP contribution in [0.4, 0.5) is 10.1 Å². The lowest BCUT2D eigenvalue weighted by molar-refractivity contribution is -0.123. The van der Waals surface area contributed by atoms with Crippen molar-refractivity contribution in [1.82, 2.24) is 20.9 Å². The highest BCUT2D eigenvalue weighted by atomic mass is 19.1. The molecule has 1 aliphatic carbocycles. The first-order chi connectivity index (χ1) is 15.8. The first-order valence-corrected chi connectivity index (χ1v) is 12.9. The highest BCUT2D eigenvalue weighted by molar-refractivity contribution is 5.88. The van der Waals surface area contributed by atoms with Gasteiger partial charge in [-0.25, -0.2) is 4.39 Å². The monoisotopic (exact) mass is 457 g/mol. The Balaban J connectivity index is 1.19. The summed E-state index contributed by atoms with van der Waals surface area (Å²) in [7, 11) is 0. The van der Waals surface area contributed by atoms with Crippen molar-refractivity contribution in [2.75, 3.05) is 25.0 Å². The first kappa shape index (κ1) is 23.1. The average molecular weight is 458 g/mol. The van der Waals surface area contributed by atoms with Crippen LogP contribution in [0.1, 0.15) is 51.2 Å². The Hall–Kier alpha value is -1.70. The molecule has 0 bridgehead atoms. The number of piperidine rings is 1. The van der Waals surface area contributed by atoms with Gasteiger partial charge in [0.25, 0.3) is 0 Å². The summed E-state index contributed by atoms with van der Waals surface area (Å²) in [6.45, 7) is 12.1. The smallest absolute Gasteiger partial charge is 0.243 e. The predicted octanol–water partition coefficient (Wildman–Crippen LogP) is 2.62. The molecule has 4 aliphatic rings. The number of amides is 1. The SMILES string of the molecule is Cc1ccc(F)c2c1NC(C(=O)NC(C1CC1)C1NCC(CN3CC(C)NC3C)CC1C)C2. The van der Waals surface area contributed by atoms with Gasteiger partial charge in [0.1, 0.15) is 11.9 Å². The van der Waals surface area contributed by atoms with E-state index in [2.05, 4.69) is 46.9 Å². The molecule has 4 N–H and O–H groups in total. The third kappa shape index (κ3) is 4.77. The molecule has 1 aromatic carbocycles. The van der Waals surface area contributed by atoms with Gasteiger partial charge < -0.3 is 16.0 Å². The van der Waals surface area contributed by atoms with E-state index in [1.165, 1.54) is 25.3 Å². The topological polar surface area (TPSA) is 68.4 Å². The lowest BCUT2D eigenvalue weighted by Gasteiger charge is -2.41. The Morgan fingerprint density at radius 2 is 2.06 bits per heavy atom. The number of aryl methyl sites for hydroxylation is 1. The molecule has 0 radical (unpaired) electrons. The molecule has 3 fully saturated rings. The molecule has 5 rings (SSSR count). The highest BCUT2D eigenvalue weighted by Gasteiger charge is 2.43. The fourth-order valence-electron chi connectivity index (χ4n) is 6.47. The number of fused-ring (bicyclic) bond motifs is 1. The Morgan fingerprint density at radius 3 is 2.70 bits per heavy atom. The molecule has 7 unspecified atom stereocenters. The van der Waals surface area contributed by atoms with Crippen LogP contribution in [0.5, 0.6) is 0 Å². The molecule has 7 atom stereocenters. The van der Waals surface area contributed by atoms with E-state index in [0.717, 1.165) is 30.9 Å². The van der Waals surface area contributed by atoms with Crippen molar-refractivity contribution in [3.05, 3.63) is 29.1 Å². The molecule has 2 saturated heterocycles. The van der Waals surface area contributed by atoms with Crippen LogP contribution < -0.4 is 21.3 Å². The largest absolute Gasteiger partial charge is 0.373 e. The first-order valence-electron chi connectivity index (χ1n) is 12.9. The van der Waals surface area contributed by atoms with Crippen molar-refractivity contribution >= 4 is 11.6 Å². The van der Waals surface area contributed by atoms with Gasteiger partial charge in [-0.1, -0.05) is 13.0 Å². The number of anilines is 1. The third-order valence-electron chi connectivity index (χ3n) is 8.37. The minimum Gasteiger partial charge on any atom is -0.373 e. The molecule has 6 nitrogen and oxygen atoms in total. The van der Waals surface area contributed by atoms with Crippen molar-refractivity contribution in [3.8, 4) is 0 Å². The van der Waals surface area contributed by atoms with E-state index < -0.39 is 6.04 Å². The second-order valence-corrected chi connectivity index (χ2v) is 11.2. The Morgan fingerprint density at radius 1 is 1.27 bits per heavy atom. The van der Waals surface area contributed by atoms with Gasteiger partial charge in [-0.3, -0.25) is 15.0 Å². The molecular weight excluding hydrogens is 417 g/mol. The van der Waals surface area contributed by atoms with Crippen molar-refractivity contribution in [2.45, 2.75) is 83.7 Å². The molecule has 1 saturated carbocycles. The normalized spacial score (nSPS) is 35.2. The molecule has 3 heterocycles. The minimum absolute atomic E-state index is 0.00368. The molecule has 1 amide bonds. The van der Waals surface area contributed by atoms with Crippen LogP contribution in [0.3, 0.4) is 0 Å². The average Bonchev–Trinajstić information content (AvgIpc) is 3.42. The van der Waals surface area contributed by atoms with Gasteiger partial charge in [-0.05, 0) is 76.0 Å². The van der Waals surface area contributed by atoms with Crippen LogP contribution in [0.2, 0.25) is 0 Å². The fraction of sp³-hybridized carbons (Fsp3) is 0.731. The number of carbonyl (C=O) groups is 1. The second kappa shape index (κ2) is 9.16.